The van der Waals surface area contributed by atoms with Crippen LogP contribution in [0, 0.1) is 0 Å². The maximum atomic E-state index is 13.0. The molecule has 1 aliphatic carbocycles. The summed E-state index contributed by atoms with van der Waals surface area (Å²) < 4.78 is 16.5. The summed E-state index contributed by atoms with van der Waals surface area (Å²) in [5, 5.41) is 13.2. The van der Waals surface area contributed by atoms with Gasteiger partial charge in [-0.2, -0.15) is 5.10 Å². The predicted molar refractivity (Wildman–Crippen MR) is 152 cm³/mol. The number of aromatic nitrogens is 2. The Hall–Kier alpha value is -5.64. The van der Waals surface area contributed by atoms with Gasteiger partial charge in [0, 0.05) is 51.5 Å². The third kappa shape index (κ3) is 4.94. The number of nitrogens with one attached hydrogen (secondary N) is 3. The normalized spacial score (nSPS) is 12.0. The predicted octanol–water partition coefficient (Wildman–Crippen LogP) is 5.58. The van der Waals surface area contributed by atoms with Gasteiger partial charge in [0.2, 0.25) is 0 Å². The highest BCUT2D eigenvalue weighted by Gasteiger charge is 2.29. The first-order valence-corrected chi connectivity index (χ1v) is 12.7. The van der Waals surface area contributed by atoms with Gasteiger partial charge in [-0.25, -0.2) is 4.79 Å². The van der Waals surface area contributed by atoms with Gasteiger partial charge >= 0.3 is 6.03 Å². The second-order valence-corrected chi connectivity index (χ2v) is 9.33. The minimum Gasteiger partial charge on any atom is -0.497 e. The number of fused-ring (bicyclic) bond motifs is 3. The molecule has 0 bridgehead atoms. The van der Waals surface area contributed by atoms with Crippen molar-refractivity contribution >= 4 is 40.0 Å². The van der Waals surface area contributed by atoms with Crippen LogP contribution < -0.4 is 24.8 Å². The molecule has 1 heterocycles. The smallest absolute Gasteiger partial charge is 0.324 e. The molecule has 0 unspecified atom stereocenters. The molecule has 0 aliphatic heterocycles. The first-order valence-electron chi connectivity index (χ1n) is 12.7. The highest BCUT2D eigenvalue weighted by atomic mass is 16.5. The van der Waals surface area contributed by atoms with E-state index < -0.39 is 6.03 Å². The SMILES string of the molecule is COc1cc(NC(=O)Nc2n[nH]c3ccc(OCc4ccc5c(c4)C(=O)c4ccccc4C5=O)cc23)cc(OC)c1. The fraction of sp³-hybridized carbons (Fsp3) is 0.0968. The third-order valence-electron chi connectivity index (χ3n) is 6.77. The molecule has 41 heavy (non-hydrogen) atoms. The fourth-order valence-corrected chi connectivity index (χ4v) is 4.73. The van der Waals surface area contributed by atoms with Crippen molar-refractivity contribution in [3.05, 3.63) is 107 Å². The quantitative estimate of drug-likeness (QED) is 0.237. The van der Waals surface area contributed by atoms with Crippen LogP contribution in [0.2, 0.25) is 0 Å². The molecule has 10 nitrogen and oxygen atoms in total. The highest BCUT2D eigenvalue weighted by molar-refractivity contribution is 6.28. The van der Waals surface area contributed by atoms with E-state index in [0.717, 1.165) is 5.56 Å². The van der Waals surface area contributed by atoms with E-state index in [9.17, 15) is 14.4 Å². The van der Waals surface area contributed by atoms with Crippen LogP contribution in [0.4, 0.5) is 16.3 Å². The molecule has 1 aromatic heterocycles. The topological polar surface area (TPSA) is 132 Å². The van der Waals surface area contributed by atoms with Gasteiger partial charge in [0.1, 0.15) is 23.9 Å². The number of anilines is 2. The molecule has 4 aromatic carbocycles. The van der Waals surface area contributed by atoms with Gasteiger partial charge in [-0.3, -0.25) is 20.0 Å². The summed E-state index contributed by atoms with van der Waals surface area (Å²) in [5.74, 6) is 1.57. The van der Waals surface area contributed by atoms with Crippen molar-refractivity contribution in [3.63, 3.8) is 0 Å². The average molecular weight is 549 g/mol. The zero-order chi connectivity index (χ0) is 28.5. The van der Waals surface area contributed by atoms with E-state index >= 15 is 0 Å². The Kier molecular flexibility index (Phi) is 6.56. The van der Waals surface area contributed by atoms with E-state index in [-0.39, 0.29) is 18.2 Å². The summed E-state index contributed by atoms with van der Waals surface area (Å²) in [6.07, 6.45) is 0. The Bertz CT molecular complexity index is 1820. The summed E-state index contributed by atoms with van der Waals surface area (Å²) in [4.78, 5) is 38.6. The summed E-state index contributed by atoms with van der Waals surface area (Å²) in [6.45, 7) is 0.167. The molecule has 0 radical (unpaired) electrons. The molecule has 5 aromatic rings. The molecule has 1 aliphatic rings. The van der Waals surface area contributed by atoms with Gasteiger partial charge in [-0.1, -0.05) is 30.3 Å². The summed E-state index contributed by atoms with van der Waals surface area (Å²) >= 11 is 0. The second kappa shape index (κ2) is 10.5. The van der Waals surface area contributed by atoms with Crippen molar-refractivity contribution in [2.75, 3.05) is 24.9 Å². The van der Waals surface area contributed by atoms with Crippen molar-refractivity contribution in [3.8, 4) is 17.2 Å². The van der Waals surface area contributed by atoms with Crippen molar-refractivity contribution < 1.29 is 28.6 Å². The van der Waals surface area contributed by atoms with E-state index in [4.69, 9.17) is 14.2 Å². The zero-order valence-corrected chi connectivity index (χ0v) is 22.1. The molecular formula is C31H24N4O6. The second-order valence-electron chi connectivity index (χ2n) is 9.33. The lowest BCUT2D eigenvalue weighted by atomic mass is 9.83. The number of ketones is 2. The van der Waals surface area contributed by atoms with Crippen LogP contribution >= 0.6 is 0 Å². The Balaban J connectivity index is 1.17. The van der Waals surface area contributed by atoms with Crippen LogP contribution in [0.15, 0.2) is 78.9 Å². The highest BCUT2D eigenvalue weighted by Crippen LogP contribution is 2.30. The maximum absolute atomic E-state index is 13.0. The minimum atomic E-state index is -0.505. The molecule has 3 N–H and O–H groups in total. The first-order chi connectivity index (χ1) is 19.9. The van der Waals surface area contributed by atoms with Crippen LogP contribution in [0.25, 0.3) is 10.9 Å². The number of hydrogen-bond donors (Lipinski definition) is 3. The average Bonchev–Trinajstić information content (AvgIpc) is 3.39. The Morgan fingerprint density at radius 3 is 2.15 bits per heavy atom. The molecular weight excluding hydrogens is 524 g/mol. The summed E-state index contributed by atoms with van der Waals surface area (Å²) in [7, 11) is 3.05. The van der Waals surface area contributed by atoms with E-state index in [1.807, 2.05) is 0 Å². The number of benzene rings is 4. The zero-order valence-electron chi connectivity index (χ0n) is 22.1. The number of hydrogen-bond acceptors (Lipinski definition) is 7. The number of carbonyl (C=O) groups excluding carboxylic acids is 3. The van der Waals surface area contributed by atoms with Crippen LogP contribution in [0.1, 0.15) is 37.4 Å². The van der Waals surface area contributed by atoms with Crippen molar-refractivity contribution in [1.29, 1.82) is 0 Å². The van der Waals surface area contributed by atoms with Crippen molar-refractivity contribution in [1.82, 2.24) is 10.2 Å². The van der Waals surface area contributed by atoms with Gasteiger partial charge in [0.15, 0.2) is 17.4 Å². The number of urea groups is 1. The Morgan fingerprint density at radius 2 is 1.44 bits per heavy atom. The maximum Gasteiger partial charge on any atom is 0.324 e. The van der Waals surface area contributed by atoms with Gasteiger partial charge in [-0.15, -0.1) is 0 Å². The van der Waals surface area contributed by atoms with Crippen molar-refractivity contribution in [2.45, 2.75) is 6.61 Å². The summed E-state index contributed by atoms with van der Waals surface area (Å²) in [6, 6.07) is 21.8. The Labute approximate surface area is 234 Å². The van der Waals surface area contributed by atoms with E-state index in [1.54, 1.807) is 78.9 Å². The van der Waals surface area contributed by atoms with Crippen LogP contribution in [0.5, 0.6) is 17.2 Å². The number of methoxy groups -OCH3 is 2. The van der Waals surface area contributed by atoms with Gasteiger partial charge in [0.05, 0.1) is 19.7 Å². The number of aromatic amines is 1. The molecule has 0 atom stereocenters. The lowest BCUT2D eigenvalue weighted by Gasteiger charge is -2.18. The molecule has 204 valence electrons. The molecule has 10 heteroatoms. The van der Waals surface area contributed by atoms with E-state index in [1.165, 1.54) is 14.2 Å². The molecule has 0 fully saturated rings. The number of carbonyl (C=O) groups is 3. The number of H-pyrrole nitrogens is 1. The van der Waals surface area contributed by atoms with Gasteiger partial charge in [0.25, 0.3) is 0 Å². The molecule has 2 amide bonds. The summed E-state index contributed by atoms with van der Waals surface area (Å²) in [5.41, 5.74) is 3.50. The third-order valence-corrected chi connectivity index (χ3v) is 6.77. The Morgan fingerprint density at radius 1 is 0.756 bits per heavy atom. The first kappa shape index (κ1) is 25.6. The largest absolute Gasteiger partial charge is 0.497 e. The lowest BCUT2D eigenvalue weighted by molar-refractivity contribution is 0.0979. The van der Waals surface area contributed by atoms with Crippen LogP contribution in [-0.2, 0) is 6.61 Å². The monoisotopic (exact) mass is 548 g/mol. The molecule has 0 saturated heterocycles. The lowest BCUT2D eigenvalue weighted by Crippen LogP contribution is -2.21. The van der Waals surface area contributed by atoms with Crippen molar-refractivity contribution in [2.24, 2.45) is 0 Å². The number of amides is 2. The number of ether oxygens (including phenoxy) is 3. The van der Waals surface area contributed by atoms with Crippen LogP contribution in [0.3, 0.4) is 0 Å². The van der Waals surface area contributed by atoms with Gasteiger partial charge < -0.3 is 19.5 Å². The number of nitrogens with zero attached hydrogens (tertiary/aromatic N) is 1. The standard InChI is InChI=1S/C31H24N4O6/c1-39-20-12-18(13-21(14-20)40-2)32-31(38)33-30-26-15-19(8-10-27(26)34-35-30)41-16-17-7-9-24-25(11-17)29(37)23-6-4-3-5-22(23)28(24)36/h3-15H,16H2,1-2H3,(H3,32,33,34,35,38). The van der Waals surface area contributed by atoms with Crippen LogP contribution in [-0.4, -0.2) is 42.0 Å². The van der Waals surface area contributed by atoms with E-state index in [2.05, 4.69) is 20.8 Å². The van der Waals surface area contributed by atoms with E-state index in [0.29, 0.717) is 61.9 Å². The molecule has 0 spiro atoms. The molecule has 6 rings (SSSR count). The number of rotatable bonds is 7. The minimum absolute atomic E-state index is 0.164. The molecule has 0 saturated carbocycles. The fourth-order valence-electron chi connectivity index (χ4n) is 4.73. The van der Waals surface area contributed by atoms with Gasteiger partial charge in [-0.05, 0) is 35.9 Å².